The molecule has 0 fully saturated rings. The molecule has 2 nitrogen and oxygen atoms in total. The van der Waals surface area contributed by atoms with E-state index >= 15 is 0 Å². The van der Waals surface area contributed by atoms with Crippen molar-refractivity contribution in [2.24, 2.45) is 0 Å². The summed E-state index contributed by atoms with van der Waals surface area (Å²) in [6, 6.07) is 7.04. The Balaban J connectivity index is 2.73. The van der Waals surface area contributed by atoms with E-state index in [1.165, 1.54) is 16.7 Å². The van der Waals surface area contributed by atoms with Crippen molar-refractivity contribution < 1.29 is 5.11 Å². The fraction of sp³-hybridized carbons (Fsp3) is 0.600. The molecule has 102 valence electrons. The lowest BCUT2D eigenvalue weighted by Gasteiger charge is -2.20. The lowest BCUT2D eigenvalue weighted by atomic mass is 10.0. The third kappa shape index (κ3) is 4.63. The van der Waals surface area contributed by atoms with Gasteiger partial charge in [0.05, 0.1) is 6.61 Å². The van der Waals surface area contributed by atoms with Crippen LogP contribution in [0.25, 0.3) is 0 Å². The molecule has 0 heterocycles. The van der Waals surface area contributed by atoms with Crippen LogP contribution in [0, 0.1) is 13.8 Å². The van der Waals surface area contributed by atoms with Crippen molar-refractivity contribution in [2.75, 3.05) is 18.9 Å². The molecule has 1 aromatic rings. The first-order chi connectivity index (χ1) is 8.58. The summed E-state index contributed by atoms with van der Waals surface area (Å²) in [7, 11) is 0. The molecule has 3 heteroatoms. The van der Waals surface area contributed by atoms with Crippen LogP contribution in [-0.4, -0.2) is 29.3 Å². The fourth-order valence-electron chi connectivity index (χ4n) is 1.81. The number of aryl methyl sites for hydroxylation is 2. The zero-order valence-corrected chi connectivity index (χ0v) is 12.7. The van der Waals surface area contributed by atoms with Crippen LogP contribution in [0.2, 0.25) is 0 Å². The van der Waals surface area contributed by atoms with Gasteiger partial charge in [-0.05, 0) is 37.1 Å². The molecule has 0 aliphatic carbocycles. The minimum atomic E-state index is 0.246. The van der Waals surface area contributed by atoms with Gasteiger partial charge in [0, 0.05) is 17.0 Å². The summed E-state index contributed by atoms with van der Waals surface area (Å²) in [5.41, 5.74) is 4.03. The predicted octanol–water partition coefficient (Wildman–Crippen LogP) is 3.07. The van der Waals surface area contributed by atoms with E-state index in [2.05, 4.69) is 51.2 Å². The number of nitrogens with one attached hydrogen (secondary N) is 1. The van der Waals surface area contributed by atoms with Crippen molar-refractivity contribution in [3.8, 4) is 0 Å². The van der Waals surface area contributed by atoms with Crippen LogP contribution in [0.5, 0.6) is 0 Å². The highest BCUT2D eigenvalue weighted by Gasteiger charge is 2.12. The molecule has 2 N–H and O–H groups in total. The molecule has 18 heavy (non-hydrogen) atoms. The Morgan fingerprint density at radius 3 is 2.56 bits per heavy atom. The topological polar surface area (TPSA) is 32.3 Å². The van der Waals surface area contributed by atoms with Gasteiger partial charge < -0.3 is 10.4 Å². The highest BCUT2D eigenvalue weighted by atomic mass is 32.2. The zero-order chi connectivity index (χ0) is 13.5. The van der Waals surface area contributed by atoms with Gasteiger partial charge in [0.25, 0.3) is 0 Å². The highest BCUT2D eigenvalue weighted by Crippen LogP contribution is 2.23. The highest BCUT2D eigenvalue weighted by molar-refractivity contribution is 7.99. The lowest BCUT2D eigenvalue weighted by molar-refractivity contribution is 0.300. The zero-order valence-electron chi connectivity index (χ0n) is 11.9. The van der Waals surface area contributed by atoms with Crippen LogP contribution in [0.15, 0.2) is 18.2 Å². The molecule has 0 aromatic heterocycles. The SMILES string of the molecule is CCNC(CSC(C)CO)c1ccc(C)c(C)c1. The van der Waals surface area contributed by atoms with Crippen molar-refractivity contribution >= 4 is 11.8 Å². The van der Waals surface area contributed by atoms with Gasteiger partial charge in [-0.15, -0.1) is 0 Å². The first kappa shape index (κ1) is 15.5. The first-order valence-electron chi connectivity index (χ1n) is 6.61. The Bertz CT molecular complexity index is 368. The average molecular weight is 267 g/mol. The monoisotopic (exact) mass is 267 g/mol. The number of aliphatic hydroxyl groups excluding tert-OH is 1. The maximum atomic E-state index is 9.09. The van der Waals surface area contributed by atoms with Gasteiger partial charge in [0.2, 0.25) is 0 Å². The Labute approximate surface area is 115 Å². The molecule has 2 unspecified atom stereocenters. The number of hydrogen-bond donors (Lipinski definition) is 2. The van der Waals surface area contributed by atoms with E-state index in [0.717, 1.165) is 12.3 Å². The maximum absolute atomic E-state index is 9.09. The summed E-state index contributed by atoms with van der Waals surface area (Å²) >= 11 is 1.82. The van der Waals surface area contributed by atoms with Crippen LogP contribution in [0.4, 0.5) is 0 Å². The summed E-state index contributed by atoms with van der Waals surface area (Å²) in [5.74, 6) is 0.998. The second-order valence-corrected chi connectivity index (χ2v) is 6.25. The van der Waals surface area contributed by atoms with Gasteiger partial charge >= 0.3 is 0 Å². The van der Waals surface area contributed by atoms with Crippen LogP contribution < -0.4 is 5.32 Å². The van der Waals surface area contributed by atoms with E-state index in [-0.39, 0.29) is 6.61 Å². The molecule has 0 radical (unpaired) electrons. The molecule has 0 aliphatic rings. The van der Waals surface area contributed by atoms with Crippen LogP contribution in [0.3, 0.4) is 0 Å². The summed E-state index contributed by atoms with van der Waals surface area (Å²) in [6.07, 6.45) is 0. The van der Waals surface area contributed by atoms with Gasteiger partial charge in [-0.3, -0.25) is 0 Å². The van der Waals surface area contributed by atoms with E-state index in [9.17, 15) is 0 Å². The van der Waals surface area contributed by atoms with E-state index in [0.29, 0.717) is 11.3 Å². The normalized spacial score (nSPS) is 14.5. The number of benzene rings is 1. The Morgan fingerprint density at radius 2 is 2.00 bits per heavy atom. The van der Waals surface area contributed by atoms with Crippen molar-refractivity contribution in [3.05, 3.63) is 34.9 Å². The average Bonchev–Trinajstić information content (AvgIpc) is 2.37. The summed E-state index contributed by atoms with van der Waals surface area (Å²) in [6.45, 7) is 9.71. The molecule has 0 saturated heterocycles. The van der Waals surface area contributed by atoms with E-state index in [1.807, 2.05) is 11.8 Å². The van der Waals surface area contributed by atoms with E-state index in [4.69, 9.17) is 5.11 Å². The molecule has 0 bridgehead atoms. The molecule has 0 aliphatic heterocycles. The molecule has 0 amide bonds. The Kier molecular flexibility index (Phi) is 6.76. The largest absolute Gasteiger partial charge is 0.395 e. The van der Waals surface area contributed by atoms with Crippen LogP contribution in [0.1, 0.15) is 36.6 Å². The number of hydrogen-bond acceptors (Lipinski definition) is 3. The molecule has 1 rings (SSSR count). The summed E-state index contributed by atoms with van der Waals surface area (Å²) in [4.78, 5) is 0. The minimum absolute atomic E-state index is 0.246. The first-order valence-corrected chi connectivity index (χ1v) is 7.66. The van der Waals surface area contributed by atoms with E-state index in [1.54, 1.807) is 0 Å². The van der Waals surface area contributed by atoms with Crippen molar-refractivity contribution in [1.82, 2.24) is 5.32 Å². The smallest absolute Gasteiger partial charge is 0.0547 e. The standard InChI is InChI=1S/C15H25NOS/c1-5-16-15(10-18-13(4)9-17)14-7-6-11(2)12(3)8-14/h6-8,13,15-17H,5,9-10H2,1-4H3. The van der Waals surface area contributed by atoms with Crippen molar-refractivity contribution in [2.45, 2.75) is 39.0 Å². The molecule has 0 saturated carbocycles. The van der Waals surface area contributed by atoms with Gasteiger partial charge in [-0.1, -0.05) is 32.0 Å². The van der Waals surface area contributed by atoms with Gasteiger partial charge in [0.1, 0.15) is 0 Å². The quantitative estimate of drug-likeness (QED) is 0.796. The molecule has 0 spiro atoms. The molecular weight excluding hydrogens is 242 g/mol. The third-order valence-electron chi connectivity index (χ3n) is 3.19. The van der Waals surface area contributed by atoms with Gasteiger partial charge in [-0.25, -0.2) is 0 Å². The lowest BCUT2D eigenvalue weighted by Crippen LogP contribution is -2.24. The minimum Gasteiger partial charge on any atom is -0.395 e. The second kappa shape index (κ2) is 7.82. The van der Waals surface area contributed by atoms with Crippen molar-refractivity contribution in [1.29, 1.82) is 0 Å². The Morgan fingerprint density at radius 1 is 1.28 bits per heavy atom. The maximum Gasteiger partial charge on any atom is 0.0547 e. The Hall–Kier alpha value is -0.510. The second-order valence-electron chi connectivity index (χ2n) is 4.78. The molecule has 2 atom stereocenters. The van der Waals surface area contributed by atoms with E-state index < -0.39 is 0 Å². The van der Waals surface area contributed by atoms with Gasteiger partial charge in [-0.2, -0.15) is 11.8 Å². The number of rotatable bonds is 7. The molecule has 1 aromatic carbocycles. The van der Waals surface area contributed by atoms with Crippen molar-refractivity contribution in [3.63, 3.8) is 0 Å². The predicted molar refractivity (Wildman–Crippen MR) is 81.3 cm³/mol. The van der Waals surface area contributed by atoms with Crippen LogP contribution >= 0.6 is 11.8 Å². The number of aliphatic hydroxyl groups is 1. The number of thioether (sulfide) groups is 1. The molecular formula is C15H25NOS. The fourth-order valence-corrected chi connectivity index (χ4v) is 2.75. The third-order valence-corrected chi connectivity index (χ3v) is 4.43. The summed E-state index contributed by atoms with van der Waals surface area (Å²) < 4.78 is 0. The summed E-state index contributed by atoms with van der Waals surface area (Å²) in [5, 5.41) is 12.9. The van der Waals surface area contributed by atoms with Gasteiger partial charge in [0.15, 0.2) is 0 Å². The van der Waals surface area contributed by atoms with Crippen LogP contribution in [-0.2, 0) is 0 Å².